The number of benzene rings is 1. The summed E-state index contributed by atoms with van der Waals surface area (Å²) in [6.07, 6.45) is 5.00. The van der Waals surface area contributed by atoms with Crippen LogP contribution in [0.25, 0.3) is 17.4 Å². The third-order valence-electron chi connectivity index (χ3n) is 3.97. The van der Waals surface area contributed by atoms with Crippen molar-refractivity contribution in [2.45, 2.75) is 0 Å². The molecule has 1 amide bonds. The van der Waals surface area contributed by atoms with Crippen LogP contribution in [0, 0.1) is 0 Å². The van der Waals surface area contributed by atoms with Gasteiger partial charge in [0.2, 0.25) is 0 Å². The molecule has 0 spiro atoms. The van der Waals surface area contributed by atoms with Gasteiger partial charge in [0.15, 0.2) is 5.17 Å². The Morgan fingerprint density at radius 3 is 2.86 bits per heavy atom. The molecule has 2 aromatic heterocycles. The molecule has 0 unspecified atom stereocenters. The Hall–Kier alpha value is -2.54. The van der Waals surface area contributed by atoms with Gasteiger partial charge in [-0.25, -0.2) is 4.99 Å². The summed E-state index contributed by atoms with van der Waals surface area (Å²) in [7, 11) is 1.69. The van der Waals surface area contributed by atoms with Crippen molar-refractivity contribution in [2.75, 3.05) is 7.05 Å². The molecule has 3 heterocycles. The van der Waals surface area contributed by atoms with Crippen molar-refractivity contribution >= 4 is 57.8 Å². The van der Waals surface area contributed by atoms with Crippen LogP contribution in [0.5, 0.6) is 0 Å². The van der Waals surface area contributed by atoms with Gasteiger partial charge in [0, 0.05) is 29.9 Å². The number of rotatable bonds is 3. The van der Waals surface area contributed by atoms with E-state index < -0.39 is 0 Å². The Morgan fingerprint density at radius 2 is 2.07 bits per heavy atom. The molecular formula is C20H13Cl2N3O2S. The normalized spacial score (nSPS) is 17.1. The van der Waals surface area contributed by atoms with E-state index in [0.29, 0.717) is 42.9 Å². The van der Waals surface area contributed by atoms with Gasteiger partial charge in [0.05, 0.1) is 21.8 Å². The topological polar surface area (TPSA) is 58.7 Å². The fourth-order valence-corrected chi connectivity index (χ4v) is 3.92. The van der Waals surface area contributed by atoms with Gasteiger partial charge >= 0.3 is 0 Å². The number of aromatic nitrogens is 1. The number of nitrogens with zero attached hydrogens (tertiary/aromatic N) is 3. The van der Waals surface area contributed by atoms with Crippen molar-refractivity contribution in [3.63, 3.8) is 0 Å². The SMILES string of the molecule is CN1C(=O)/C(=C\c2ccc(-c3cc(Cl)ccc3Cl)o2)SC1=Nc1cccnc1. The zero-order valence-electron chi connectivity index (χ0n) is 14.6. The molecule has 1 fully saturated rings. The number of pyridine rings is 1. The van der Waals surface area contributed by atoms with Gasteiger partial charge in [0.1, 0.15) is 11.5 Å². The van der Waals surface area contributed by atoms with Gasteiger partial charge in [-0.3, -0.25) is 14.7 Å². The third-order valence-corrected chi connectivity index (χ3v) is 5.59. The first-order chi connectivity index (χ1) is 13.5. The first kappa shape index (κ1) is 18.8. The molecule has 1 saturated heterocycles. The molecule has 0 N–H and O–H groups in total. The summed E-state index contributed by atoms with van der Waals surface area (Å²) in [6.45, 7) is 0. The fourth-order valence-electron chi connectivity index (χ4n) is 2.57. The Kier molecular flexibility index (Phi) is 5.26. The lowest BCUT2D eigenvalue weighted by Crippen LogP contribution is -2.23. The van der Waals surface area contributed by atoms with Crippen LogP contribution in [0.1, 0.15) is 5.76 Å². The Morgan fingerprint density at radius 1 is 1.21 bits per heavy atom. The zero-order valence-corrected chi connectivity index (χ0v) is 16.9. The van der Waals surface area contributed by atoms with Crippen LogP contribution in [0.4, 0.5) is 5.69 Å². The van der Waals surface area contributed by atoms with Crippen LogP contribution in [-0.2, 0) is 4.79 Å². The molecule has 4 rings (SSSR count). The number of hydrogen-bond donors (Lipinski definition) is 0. The number of carbonyl (C=O) groups excluding carboxylic acids is 1. The number of thioether (sulfide) groups is 1. The molecule has 1 aliphatic rings. The molecule has 1 aromatic carbocycles. The number of halogens is 2. The number of hydrogen-bond acceptors (Lipinski definition) is 5. The minimum atomic E-state index is -0.147. The average Bonchev–Trinajstić information content (AvgIpc) is 3.26. The van der Waals surface area contributed by atoms with Crippen LogP contribution in [0.3, 0.4) is 0 Å². The van der Waals surface area contributed by atoms with Crippen LogP contribution in [-0.4, -0.2) is 28.0 Å². The minimum absolute atomic E-state index is 0.147. The van der Waals surface area contributed by atoms with Gasteiger partial charge in [-0.1, -0.05) is 23.2 Å². The first-order valence-electron chi connectivity index (χ1n) is 8.23. The largest absolute Gasteiger partial charge is 0.457 e. The molecule has 1 aliphatic heterocycles. The second kappa shape index (κ2) is 7.83. The van der Waals surface area contributed by atoms with E-state index in [1.54, 1.807) is 61.9 Å². The molecular weight excluding hydrogens is 417 g/mol. The maximum absolute atomic E-state index is 12.5. The summed E-state index contributed by atoms with van der Waals surface area (Å²) in [5, 5.41) is 1.68. The molecule has 140 valence electrons. The quantitative estimate of drug-likeness (QED) is 0.487. The summed E-state index contributed by atoms with van der Waals surface area (Å²) in [5.41, 5.74) is 1.38. The van der Waals surface area contributed by atoms with Crippen molar-refractivity contribution in [1.82, 2.24) is 9.88 Å². The van der Waals surface area contributed by atoms with E-state index in [1.807, 2.05) is 6.07 Å². The molecule has 5 nitrogen and oxygen atoms in total. The van der Waals surface area contributed by atoms with E-state index >= 15 is 0 Å². The van der Waals surface area contributed by atoms with Crippen molar-refractivity contribution < 1.29 is 9.21 Å². The standard InChI is InChI=1S/C20H13Cl2N3O2S/c1-25-19(26)18(28-20(25)24-13-3-2-8-23-11-13)10-14-5-7-17(27-14)15-9-12(21)4-6-16(15)22/h2-11H,1H3/b18-10+,24-20?. The number of aliphatic imine (C=N–C) groups is 1. The summed E-state index contributed by atoms with van der Waals surface area (Å²) in [6, 6.07) is 12.4. The molecule has 0 atom stereocenters. The van der Waals surface area contributed by atoms with Crippen molar-refractivity contribution in [3.8, 4) is 11.3 Å². The lowest BCUT2D eigenvalue weighted by Gasteiger charge is -2.06. The first-order valence-corrected chi connectivity index (χ1v) is 9.80. The summed E-state index contributed by atoms with van der Waals surface area (Å²) in [5.74, 6) is 0.969. The average molecular weight is 430 g/mol. The Bertz CT molecular complexity index is 1110. The van der Waals surface area contributed by atoms with Gasteiger partial charge in [-0.05, 0) is 54.2 Å². The summed E-state index contributed by atoms with van der Waals surface area (Å²) >= 11 is 13.6. The molecule has 0 radical (unpaired) electrons. The molecule has 28 heavy (non-hydrogen) atoms. The number of amides is 1. The van der Waals surface area contributed by atoms with E-state index in [4.69, 9.17) is 27.6 Å². The molecule has 8 heteroatoms. The maximum atomic E-state index is 12.5. The van der Waals surface area contributed by atoms with Gasteiger partial charge in [-0.15, -0.1) is 0 Å². The second-order valence-corrected chi connectivity index (χ2v) is 7.76. The monoisotopic (exact) mass is 429 g/mol. The third kappa shape index (κ3) is 3.85. The maximum Gasteiger partial charge on any atom is 0.266 e. The van der Waals surface area contributed by atoms with E-state index in [1.165, 1.54) is 16.7 Å². The van der Waals surface area contributed by atoms with E-state index in [-0.39, 0.29) is 5.91 Å². The van der Waals surface area contributed by atoms with Crippen molar-refractivity contribution in [1.29, 1.82) is 0 Å². The van der Waals surface area contributed by atoms with E-state index in [2.05, 4.69) is 9.98 Å². The summed E-state index contributed by atoms with van der Waals surface area (Å²) < 4.78 is 5.85. The molecule has 0 aliphatic carbocycles. The number of carbonyl (C=O) groups is 1. The van der Waals surface area contributed by atoms with Crippen LogP contribution < -0.4 is 0 Å². The summed E-state index contributed by atoms with van der Waals surface area (Å²) in [4.78, 5) is 23.1. The van der Waals surface area contributed by atoms with Crippen molar-refractivity contribution in [2.24, 2.45) is 4.99 Å². The second-order valence-electron chi connectivity index (χ2n) is 5.91. The zero-order chi connectivity index (χ0) is 19.7. The highest BCUT2D eigenvalue weighted by atomic mass is 35.5. The van der Waals surface area contributed by atoms with Crippen LogP contribution in [0.15, 0.2) is 69.2 Å². The van der Waals surface area contributed by atoms with Gasteiger partial charge in [-0.2, -0.15) is 0 Å². The molecule has 0 saturated carbocycles. The highest BCUT2D eigenvalue weighted by molar-refractivity contribution is 8.18. The Labute approximate surface area is 175 Å². The van der Waals surface area contributed by atoms with Gasteiger partial charge in [0.25, 0.3) is 5.91 Å². The minimum Gasteiger partial charge on any atom is -0.457 e. The number of likely N-dealkylation sites (N-methyl/N-ethyl adjacent to an activating group) is 1. The molecule has 3 aromatic rings. The predicted molar refractivity (Wildman–Crippen MR) is 114 cm³/mol. The van der Waals surface area contributed by atoms with Crippen LogP contribution >= 0.6 is 35.0 Å². The smallest absolute Gasteiger partial charge is 0.266 e. The van der Waals surface area contributed by atoms with Crippen LogP contribution in [0.2, 0.25) is 10.0 Å². The predicted octanol–water partition coefficient (Wildman–Crippen LogP) is 5.88. The number of furan rings is 1. The molecule has 0 bridgehead atoms. The van der Waals surface area contributed by atoms with E-state index in [0.717, 1.165) is 0 Å². The van der Waals surface area contributed by atoms with E-state index in [9.17, 15) is 4.79 Å². The van der Waals surface area contributed by atoms with Gasteiger partial charge < -0.3 is 4.42 Å². The lowest BCUT2D eigenvalue weighted by molar-refractivity contribution is -0.121. The Balaban J connectivity index is 1.61. The fraction of sp³-hybridized carbons (Fsp3) is 0.0500. The number of amidine groups is 1. The highest BCUT2D eigenvalue weighted by Gasteiger charge is 2.30. The highest BCUT2D eigenvalue weighted by Crippen LogP contribution is 2.35. The lowest BCUT2D eigenvalue weighted by atomic mass is 10.2. The van der Waals surface area contributed by atoms with Crippen molar-refractivity contribution in [3.05, 3.63) is 75.6 Å².